The molecular formula is C19H14N4O2S2. The molecule has 4 heterocycles. The van der Waals surface area contributed by atoms with E-state index in [0.29, 0.717) is 22.8 Å². The van der Waals surface area contributed by atoms with E-state index in [1.165, 1.54) is 16.8 Å². The highest BCUT2D eigenvalue weighted by Gasteiger charge is 2.35. The summed E-state index contributed by atoms with van der Waals surface area (Å²) in [4.78, 5) is 18.1. The molecule has 8 heteroatoms. The van der Waals surface area contributed by atoms with Gasteiger partial charge < -0.3 is 4.42 Å². The number of carbonyl (C=O) groups is 1. The van der Waals surface area contributed by atoms with Gasteiger partial charge in [-0.15, -0.1) is 11.3 Å². The Bertz CT molecular complexity index is 1010. The summed E-state index contributed by atoms with van der Waals surface area (Å²) >= 11 is 2.84. The first-order valence-electron chi connectivity index (χ1n) is 8.21. The SMILES string of the molecule is N#Cc1cccnc1SCC(=O)N1N=C(c2cccs2)C[C@@H]1c1ccco1. The lowest BCUT2D eigenvalue weighted by atomic mass is 10.1. The molecule has 3 aromatic rings. The number of thioether (sulfide) groups is 1. The van der Waals surface area contributed by atoms with Gasteiger partial charge in [0.2, 0.25) is 0 Å². The Morgan fingerprint density at radius 1 is 1.37 bits per heavy atom. The molecule has 0 saturated carbocycles. The minimum atomic E-state index is -0.260. The van der Waals surface area contributed by atoms with Gasteiger partial charge in [0, 0.05) is 12.6 Å². The van der Waals surface area contributed by atoms with Gasteiger partial charge >= 0.3 is 0 Å². The van der Waals surface area contributed by atoms with E-state index in [-0.39, 0.29) is 17.7 Å². The summed E-state index contributed by atoms with van der Waals surface area (Å²) in [6.45, 7) is 0. The molecular weight excluding hydrogens is 380 g/mol. The topological polar surface area (TPSA) is 82.5 Å². The van der Waals surface area contributed by atoms with Crippen LogP contribution in [0.4, 0.5) is 0 Å². The Labute approximate surface area is 164 Å². The Balaban J connectivity index is 1.55. The summed E-state index contributed by atoms with van der Waals surface area (Å²) in [5.41, 5.74) is 1.34. The third-order valence-electron chi connectivity index (χ3n) is 4.07. The molecule has 0 bridgehead atoms. The quantitative estimate of drug-likeness (QED) is 0.609. The van der Waals surface area contributed by atoms with E-state index >= 15 is 0 Å². The molecule has 27 heavy (non-hydrogen) atoms. The van der Waals surface area contributed by atoms with Gasteiger partial charge in [-0.3, -0.25) is 4.79 Å². The second-order valence-electron chi connectivity index (χ2n) is 5.75. The second-order valence-corrected chi connectivity index (χ2v) is 7.67. The second kappa shape index (κ2) is 7.78. The fourth-order valence-electron chi connectivity index (χ4n) is 2.82. The number of pyridine rings is 1. The van der Waals surface area contributed by atoms with Crippen LogP contribution >= 0.6 is 23.1 Å². The fraction of sp³-hybridized carbons (Fsp3) is 0.158. The zero-order valence-electron chi connectivity index (χ0n) is 14.1. The van der Waals surface area contributed by atoms with E-state index in [9.17, 15) is 10.1 Å². The number of aromatic nitrogens is 1. The minimum absolute atomic E-state index is 0.143. The van der Waals surface area contributed by atoms with Crippen LogP contribution in [0.2, 0.25) is 0 Å². The number of carbonyl (C=O) groups excluding carboxylic acids is 1. The standard InChI is InChI=1S/C19H14N4O2S2/c20-11-13-4-1-7-21-19(13)27-12-18(24)23-15(16-5-2-8-25-16)10-14(22-23)17-6-3-9-26-17/h1-9,15H,10,12H2/t15-/m1/s1. The lowest BCUT2D eigenvalue weighted by Gasteiger charge is -2.19. The Morgan fingerprint density at radius 2 is 2.30 bits per heavy atom. The molecule has 0 aromatic carbocycles. The summed E-state index contributed by atoms with van der Waals surface area (Å²) < 4.78 is 5.54. The molecule has 1 aliphatic rings. The molecule has 0 aliphatic carbocycles. The Kier molecular flexibility index (Phi) is 5.05. The van der Waals surface area contributed by atoms with Crippen LogP contribution in [0.25, 0.3) is 0 Å². The van der Waals surface area contributed by atoms with Gasteiger partial charge in [0.05, 0.1) is 28.2 Å². The number of furan rings is 1. The number of thiophene rings is 1. The molecule has 1 amide bonds. The maximum Gasteiger partial charge on any atom is 0.253 e. The summed E-state index contributed by atoms with van der Waals surface area (Å²) in [6.07, 6.45) is 3.82. The highest BCUT2D eigenvalue weighted by atomic mass is 32.2. The predicted molar refractivity (Wildman–Crippen MR) is 103 cm³/mol. The third-order valence-corrected chi connectivity index (χ3v) is 5.98. The number of hydrogen-bond donors (Lipinski definition) is 0. The summed E-state index contributed by atoms with van der Waals surface area (Å²) in [7, 11) is 0. The van der Waals surface area contributed by atoms with Gasteiger partial charge in [-0.1, -0.05) is 17.8 Å². The molecule has 3 aromatic heterocycles. The molecule has 4 rings (SSSR count). The summed E-state index contributed by atoms with van der Waals surface area (Å²) in [5.74, 6) is 0.700. The van der Waals surface area contributed by atoms with Crippen LogP contribution in [-0.2, 0) is 4.79 Å². The van der Waals surface area contributed by atoms with Crippen LogP contribution in [0.15, 0.2) is 68.8 Å². The highest BCUT2D eigenvalue weighted by molar-refractivity contribution is 7.99. The lowest BCUT2D eigenvalue weighted by molar-refractivity contribution is -0.130. The Morgan fingerprint density at radius 3 is 3.04 bits per heavy atom. The highest BCUT2D eigenvalue weighted by Crippen LogP contribution is 2.34. The summed E-state index contributed by atoms with van der Waals surface area (Å²) in [6, 6.07) is 12.9. The Hall–Kier alpha value is -2.89. The van der Waals surface area contributed by atoms with E-state index in [1.54, 1.807) is 35.9 Å². The zero-order valence-corrected chi connectivity index (χ0v) is 15.7. The van der Waals surface area contributed by atoms with E-state index in [1.807, 2.05) is 29.6 Å². The van der Waals surface area contributed by atoms with E-state index in [2.05, 4.69) is 16.2 Å². The van der Waals surface area contributed by atoms with Crippen molar-refractivity contribution in [1.29, 1.82) is 5.26 Å². The number of nitrogens with zero attached hydrogens (tertiary/aromatic N) is 4. The summed E-state index contributed by atoms with van der Waals surface area (Å²) in [5, 5.41) is 17.8. The van der Waals surface area contributed by atoms with Crippen molar-refractivity contribution < 1.29 is 9.21 Å². The van der Waals surface area contributed by atoms with Crippen molar-refractivity contribution in [3.63, 3.8) is 0 Å². The number of hydrazone groups is 1. The van der Waals surface area contributed by atoms with Gasteiger partial charge in [-0.2, -0.15) is 10.4 Å². The molecule has 0 unspecified atom stereocenters. The number of amides is 1. The van der Waals surface area contributed by atoms with Crippen molar-refractivity contribution in [1.82, 2.24) is 9.99 Å². The van der Waals surface area contributed by atoms with Gasteiger partial charge in [0.15, 0.2) is 0 Å². The van der Waals surface area contributed by atoms with Crippen molar-refractivity contribution in [2.24, 2.45) is 5.10 Å². The molecule has 0 radical (unpaired) electrons. The van der Waals surface area contributed by atoms with Crippen molar-refractivity contribution in [3.05, 3.63) is 70.4 Å². The van der Waals surface area contributed by atoms with Gasteiger partial charge in [0.1, 0.15) is 22.9 Å². The fourth-order valence-corrected chi connectivity index (χ4v) is 4.34. The maximum atomic E-state index is 12.9. The molecule has 0 N–H and O–H groups in total. The van der Waals surface area contributed by atoms with Crippen LogP contribution < -0.4 is 0 Å². The van der Waals surface area contributed by atoms with E-state index in [0.717, 1.165) is 10.6 Å². The number of nitriles is 1. The average Bonchev–Trinajstić information content (AvgIpc) is 3.46. The first kappa shape index (κ1) is 17.5. The molecule has 1 aliphatic heterocycles. The number of hydrogen-bond acceptors (Lipinski definition) is 7. The molecule has 0 saturated heterocycles. The zero-order chi connectivity index (χ0) is 18.6. The largest absolute Gasteiger partial charge is 0.467 e. The van der Waals surface area contributed by atoms with Crippen LogP contribution in [0.5, 0.6) is 0 Å². The van der Waals surface area contributed by atoms with Crippen LogP contribution in [0.1, 0.15) is 28.7 Å². The first-order chi connectivity index (χ1) is 13.3. The smallest absolute Gasteiger partial charge is 0.253 e. The van der Waals surface area contributed by atoms with Crippen molar-refractivity contribution in [2.45, 2.75) is 17.5 Å². The first-order valence-corrected chi connectivity index (χ1v) is 10.1. The van der Waals surface area contributed by atoms with E-state index in [4.69, 9.17) is 4.42 Å². The van der Waals surface area contributed by atoms with Crippen molar-refractivity contribution >= 4 is 34.7 Å². The lowest BCUT2D eigenvalue weighted by Crippen LogP contribution is -2.28. The molecule has 0 spiro atoms. The van der Waals surface area contributed by atoms with Crippen molar-refractivity contribution in [2.75, 3.05) is 5.75 Å². The van der Waals surface area contributed by atoms with Crippen LogP contribution in [0, 0.1) is 11.3 Å². The van der Waals surface area contributed by atoms with Gasteiger partial charge in [0.25, 0.3) is 5.91 Å². The minimum Gasteiger partial charge on any atom is -0.467 e. The third kappa shape index (κ3) is 3.65. The molecule has 0 fully saturated rings. The normalized spacial score (nSPS) is 16.2. The van der Waals surface area contributed by atoms with Gasteiger partial charge in [-0.05, 0) is 35.7 Å². The monoisotopic (exact) mass is 394 g/mol. The molecule has 1 atom stereocenters. The molecule has 6 nitrogen and oxygen atoms in total. The van der Waals surface area contributed by atoms with Crippen molar-refractivity contribution in [3.8, 4) is 6.07 Å². The number of rotatable bonds is 5. The van der Waals surface area contributed by atoms with Crippen LogP contribution in [0.3, 0.4) is 0 Å². The van der Waals surface area contributed by atoms with Crippen LogP contribution in [-0.4, -0.2) is 27.4 Å². The van der Waals surface area contributed by atoms with E-state index < -0.39 is 0 Å². The van der Waals surface area contributed by atoms with Gasteiger partial charge in [-0.25, -0.2) is 9.99 Å². The maximum absolute atomic E-state index is 12.9. The predicted octanol–water partition coefficient (Wildman–Crippen LogP) is 4.08. The molecule has 134 valence electrons. The average molecular weight is 394 g/mol.